The van der Waals surface area contributed by atoms with E-state index in [-0.39, 0.29) is 6.04 Å². The molecule has 1 saturated carbocycles. The van der Waals surface area contributed by atoms with E-state index in [1.165, 1.54) is 25.7 Å². The van der Waals surface area contributed by atoms with Crippen LogP contribution >= 0.6 is 0 Å². The van der Waals surface area contributed by atoms with Crippen molar-refractivity contribution >= 4 is 5.91 Å². The number of benzene rings is 1. The van der Waals surface area contributed by atoms with E-state index < -0.39 is 0 Å². The minimum absolute atomic E-state index is 0.141. The van der Waals surface area contributed by atoms with Crippen LogP contribution in [0.3, 0.4) is 0 Å². The number of amides is 1. The molecule has 1 aliphatic carbocycles. The Labute approximate surface area is 145 Å². The molecule has 132 valence electrons. The van der Waals surface area contributed by atoms with Crippen molar-refractivity contribution in [2.75, 3.05) is 20.8 Å². The number of hydrogen-bond acceptors (Lipinski definition) is 3. The fraction of sp³-hybridized carbons (Fsp3) is 0.650. The maximum atomic E-state index is 12.8. The van der Waals surface area contributed by atoms with E-state index in [1.807, 2.05) is 18.2 Å². The van der Waals surface area contributed by atoms with Gasteiger partial charge in [-0.05, 0) is 37.3 Å². The highest BCUT2D eigenvalue weighted by Gasteiger charge is 2.32. The van der Waals surface area contributed by atoms with E-state index in [4.69, 9.17) is 9.47 Å². The molecule has 0 N–H and O–H groups in total. The number of rotatable bonds is 6. The lowest BCUT2D eigenvalue weighted by molar-refractivity contribution is -0.132. The molecule has 1 aromatic carbocycles. The highest BCUT2D eigenvalue weighted by molar-refractivity contribution is 5.77. The van der Waals surface area contributed by atoms with Gasteiger partial charge in [-0.3, -0.25) is 4.79 Å². The Hall–Kier alpha value is -1.71. The molecular weight excluding hydrogens is 302 g/mol. The van der Waals surface area contributed by atoms with Gasteiger partial charge < -0.3 is 14.4 Å². The first-order valence-electron chi connectivity index (χ1n) is 9.24. The maximum absolute atomic E-state index is 12.8. The van der Waals surface area contributed by atoms with Gasteiger partial charge in [0, 0.05) is 24.6 Å². The van der Waals surface area contributed by atoms with Gasteiger partial charge in [0.2, 0.25) is 5.91 Å². The van der Waals surface area contributed by atoms with Crippen LogP contribution in [0.5, 0.6) is 11.5 Å². The second kappa shape index (κ2) is 7.91. The third-order valence-corrected chi connectivity index (χ3v) is 5.61. The summed E-state index contributed by atoms with van der Waals surface area (Å²) in [5.41, 5.74) is 1.10. The Morgan fingerprint density at radius 1 is 1.12 bits per heavy atom. The van der Waals surface area contributed by atoms with Crippen molar-refractivity contribution in [1.82, 2.24) is 4.90 Å². The summed E-state index contributed by atoms with van der Waals surface area (Å²) >= 11 is 0. The molecule has 4 nitrogen and oxygen atoms in total. The lowest BCUT2D eigenvalue weighted by atomic mass is 10.00. The number of likely N-dealkylation sites (tertiary alicyclic amines) is 1. The molecule has 1 amide bonds. The summed E-state index contributed by atoms with van der Waals surface area (Å²) in [6.45, 7) is 0.864. The van der Waals surface area contributed by atoms with E-state index in [1.54, 1.807) is 14.2 Å². The molecule has 1 atom stereocenters. The predicted molar refractivity (Wildman–Crippen MR) is 94.4 cm³/mol. The topological polar surface area (TPSA) is 38.8 Å². The van der Waals surface area contributed by atoms with Gasteiger partial charge >= 0.3 is 0 Å². The summed E-state index contributed by atoms with van der Waals surface area (Å²) in [7, 11) is 3.34. The molecule has 4 heteroatoms. The number of nitrogens with zero attached hydrogens (tertiary/aromatic N) is 1. The molecule has 1 aromatic rings. The van der Waals surface area contributed by atoms with Gasteiger partial charge in [-0.1, -0.05) is 25.7 Å². The molecule has 2 fully saturated rings. The van der Waals surface area contributed by atoms with Crippen molar-refractivity contribution < 1.29 is 14.3 Å². The third-order valence-electron chi connectivity index (χ3n) is 5.61. The Morgan fingerprint density at radius 3 is 2.62 bits per heavy atom. The van der Waals surface area contributed by atoms with Gasteiger partial charge in [0.25, 0.3) is 0 Å². The van der Waals surface area contributed by atoms with E-state index in [0.29, 0.717) is 12.3 Å². The van der Waals surface area contributed by atoms with Crippen LogP contribution in [0.1, 0.15) is 63.0 Å². The zero-order chi connectivity index (χ0) is 16.9. The molecule has 0 bridgehead atoms. The van der Waals surface area contributed by atoms with Crippen molar-refractivity contribution in [1.29, 1.82) is 0 Å². The van der Waals surface area contributed by atoms with Gasteiger partial charge in [0.15, 0.2) is 0 Å². The molecule has 0 unspecified atom stereocenters. The Balaban J connectivity index is 1.69. The highest BCUT2D eigenvalue weighted by Crippen LogP contribution is 2.39. The van der Waals surface area contributed by atoms with Gasteiger partial charge in [-0.15, -0.1) is 0 Å². The van der Waals surface area contributed by atoms with Crippen molar-refractivity contribution in [3.05, 3.63) is 23.8 Å². The van der Waals surface area contributed by atoms with Crippen LogP contribution in [0.25, 0.3) is 0 Å². The molecule has 1 heterocycles. The minimum Gasteiger partial charge on any atom is -0.497 e. The SMILES string of the molecule is COc1ccc([C@@H]2CCCN2C(=O)CCC2CCCC2)c(OC)c1. The van der Waals surface area contributed by atoms with Crippen LogP contribution < -0.4 is 9.47 Å². The van der Waals surface area contributed by atoms with Crippen molar-refractivity contribution in [3.8, 4) is 11.5 Å². The second-order valence-electron chi connectivity index (χ2n) is 7.04. The zero-order valence-corrected chi connectivity index (χ0v) is 14.9. The Morgan fingerprint density at radius 2 is 1.92 bits per heavy atom. The maximum Gasteiger partial charge on any atom is 0.223 e. The summed E-state index contributed by atoms with van der Waals surface area (Å²) in [5, 5.41) is 0. The second-order valence-corrected chi connectivity index (χ2v) is 7.04. The average molecular weight is 331 g/mol. The van der Waals surface area contributed by atoms with E-state index in [0.717, 1.165) is 48.8 Å². The van der Waals surface area contributed by atoms with Crippen LogP contribution in [0.2, 0.25) is 0 Å². The van der Waals surface area contributed by atoms with E-state index in [2.05, 4.69) is 4.90 Å². The summed E-state index contributed by atoms with van der Waals surface area (Å²) in [6.07, 6.45) is 9.13. The lowest BCUT2D eigenvalue weighted by Gasteiger charge is -2.27. The first-order chi connectivity index (χ1) is 11.7. The summed E-state index contributed by atoms with van der Waals surface area (Å²) in [6, 6.07) is 6.05. The quantitative estimate of drug-likeness (QED) is 0.778. The van der Waals surface area contributed by atoms with E-state index >= 15 is 0 Å². The molecule has 0 spiro atoms. The molecule has 1 saturated heterocycles. The number of hydrogen-bond donors (Lipinski definition) is 0. The fourth-order valence-corrected chi connectivity index (χ4v) is 4.25. The van der Waals surface area contributed by atoms with Crippen LogP contribution in [-0.2, 0) is 4.79 Å². The molecule has 1 aliphatic heterocycles. The standard InChI is InChI=1S/C20H29NO3/c1-23-16-10-11-17(19(14-16)24-2)18-8-5-13-21(18)20(22)12-9-15-6-3-4-7-15/h10-11,14-15,18H,3-9,12-13H2,1-2H3/t18-/m0/s1. The largest absolute Gasteiger partial charge is 0.497 e. The first-order valence-corrected chi connectivity index (χ1v) is 9.24. The zero-order valence-electron chi connectivity index (χ0n) is 14.9. The van der Waals surface area contributed by atoms with Crippen molar-refractivity contribution in [3.63, 3.8) is 0 Å². The van der Waals surface area contributed by atoms with Crippen LogP contribution in [0.15, 0.2) is 18.2 Å². The molecule has 0 aromatic heterocycles. The smallest absolute Gasteiger partial charge is 0.223 e. The molecular formula is C20H29NO3. The average Bonchev–Trinajstić information content (AvgIpc) is 3.30. The van der Waals surface area contributed by atoms with E-state index in [9.17, 15) is 4.79 Å². The Kier molecular flexibility index (Phi) is 5.64. The monoisotopic (exact) mass is 331 g/mol. The van der Waals surface area contributed by atoms with Crippen LogP contribution in [0, 0.1) is 5.92 Å². The minimum atomic E-state index is 0.141. The van der Waals surface area contributed by atoms with Gasteiger partial charge in [-0.2, -0.15) is 0 Å². The number of carbonyl (C=O) groups is 1. The van der Waals surface area contributed by atoms with Gasteiger partial charge in [-0.25, -0.2) is 0 Å². The normalized spacial score (nSPS) is 21.2. The first kappa shape index (κ1) is 17.1. The molecule has 0 radical (unpaired) electrons. The Bertz CT molecular complexity index is 566. The highest BCUT2D eigenvalue weighted by atomic mass is 16.5. The number of methoxy groups -OCH3 is 2. The van der Waals surface area contributed by atoms with Crippen molar-refractivity contribution in [2.24, 2.45) is 5.92 Å². The summed E-state index contributed by atoms with van der Waals surface area (Å²) in [4.78, 5) is 14.8. The number of carbonyl (C=O) groups excluding carboxylic acids is 1. The fourth-order valence-electron chi connectivity index (χ4n) is 4.25. The van der Waals surface area contributed by atoms with Crippen LogP contribution in [-0.4, -0.2) is 31.6 Å². The number of ether oxygens (including phenoxy) is 2. The third kappa shape index (κ3) is 3.68. The lowest BCUT2D eigenvalue weighted by Crippen LogP contribution is -2.30. The molecule has 2 aliphatic rings. The summed E-state index contributed by atoms with van der Waals surface area (Å²) < 4.78 is 10.8. The summed E-state index contributed by atoms with van der Waals surface area (Å²) in [5.74, 6) is 2.68. The predicted octanol–water partition coefficient (Wildman–Crippen LogP) is 4.34. The van der Waals surface area contributed by atoms with Crippen molar-refractivity contribution in [2.45, 2.75) is 57.4 Å². The van der Waals surface area contributed by atoms with Crippen LogP contribution in [0.4, 0.5) is 0 Å². The van der Waals surface area contributed by atoms with Gasteiger partial charge in [0.1, 0.15) is 11.5 Å². The molecule has 3 rings (SSSR count). The molecule has 24 heavy (non-hydrogen) atoms. The van der Waals surface area contributed by atoms with Gasteiger partial charge in [0.05, 0.1) is 20.3 Å².